The van der Waals surface area contributed by atoms with Gasteiger partial charge in [0.1, 0.15) is 6.33 Å². The lowest BCUT2D eigenvalue weighted by molar-refractivity contribution is 0.888. The number of aromatic nitrogens is 3. The van der Waals surface area contributed by atoms with Crippen LogP contribution in [0.4, 0.5) is 0 Å². The Morgan fingerprint density at radius 1 is 1.67 bits per heavy atom. The van der Waals surface area contributed by atoms with Gasteiger partial charge in [0.15, 0.2) is 0 Å². The fourth-order valence-electron chi connectivity index (χ4n) is 0.490. The minimum atomic E-state index is 0.404. The highest BCUT2D eigenvalue weighted by atomic mass is 35.5. The van der Waals surface area contributed by atoms with Gasteiger partial charge in [-0.25, -0.2) is 4.98 Å². The highest BCUT2D eigenvalue weighted by molar-refractivity contribution is 6.16. The number of hydrogen-bond donors (Lipinski definition) is 0. The van der Waals surface area contributed by atoms with E-state index in [1.54, 1.807) is 0 Å². The Kier molecular flexibility index (Phi) is 1.95. The predicted molar refractivity (Wildman–Crippen MR) is 34.1 cm³/mol. The van der Waals surface area contributed by atoms with Crippen LogP contribution in [0.1, 0.15) is 11.4 Å². The van der Waals surface area contributed by atoms with Crippen molar-refractivity contribution in [3.8, 4) is 0 Å². The van der Waals surface area contributed by atoms with Crippen molar-refractivity contribution >= 4 is 11.6 Å². The molecule has 0 fully saturated rings. The van der Waals surface area contributed by atoms with E-state index in [1.807, 2.05) is 6.92 Å². The molecule has 0 atom stereocenters. The van der Waals surface area contributed by atoms with Crippen LogP contribution in [0.2, 0.25) is 0 Å². The minimum absolute atomic E-state index is 0.404. The van der Waals surface area contributed by atoms with Crippen molar-refractivity contribution in [2.75, 3.05) is 0 Å². The van der Waals surface area contributed by atoms with Crippen LogP contribution < -0.4 is 0 Å². The average molecular weight is 144 g/mol. The second kappa shape index (κ2) is 2.73. The zero-order valence-corrected chi connectivity index (χ0v) is 5.76. The quantitative estimate of drug-likeness (QED) is 0.549. The van der Waals surface area contributed by atoms with Gasteiger partial charge in [0.25, 0.3) is 0 Å². The van der Waals surface area contributed by atoms with Crippen LogP contribution in [0.15, 0.2) is 6.33 Å². The lowest BCUT2D eigenvalue weighted by Gasteiger charge is -1.93. The van der Waals surface area contributed by atoms with Crippen molar-refractivity contribution in [1.29, 1.82) is 0 Å². The van der Waals surface area contributed by atoms with Crippen molar-refractivity contribution < 1.29 is 0 Å². The van der Waals surface area contributed by atoms with Crippen LogP contribution in [0.25, 0.3) is 0 Å². The average Bonchev–Trinajstić information content (AvgIpc) is 1.89. The van der Waals surface area contributed by atoms with Gasteiger partial charge in [-0.05, 0) is 6.92 Å². The van der Waals surface area contributed by atoms with E-state index < -0.39 is 0 Å². The van der Waals surface area contributed by atoms with Gasteiger partial charge in [-0.15, -0.1) is 16.7 Å². The molecule has 0 N–H and O–H groups in total. The Bertz CT molecular complexity index is 201. The first-order valence-electron chi connectivity index (χ1n) is 2.53. The molecule has 48 valence electrons. The van der Waals surface area contributed by atoms with Gasteiger partial charge >= 0.3 is 0 Å². The summed E-state index contributed by atoms with van der Waals surface area (Å²) in [7, 11) is 0. The summed E-state index contributed by atoms with van der Waals surface area (Å²) in [6.07, 6.45) is 1.39. The monoisotopic (exact) mass is 143 g/mol. The van der Waals surface area contributed by atoms with E-state index in [0.717, 1.165) is 11.4 Å². The van der Waals surface area contributed by atoms with Crippen molar-refractivity contribution in [2.45, 2.75) is 12.8 Å². The number of alkyl halides is 1. The summed E-state index contributed by atoms with van der Waals surface area (Å²) in [6, 6.07) is 0. The van der Waals surface area contributed by atoms with E-state index in [4.69, 9.17) is 11.6 Å². The first kappa shape index (κ1) is 6.42. The van der Waals surface area contributed by atoms with E-state index in [-0.39, 0.29) is 0 Å². The molecule has 1 aromatic rings. The van der Waals surface area contributed by atoms with Crippen LogP contribution in [-0.2, 0) is 5.88 Å². The topological polar surface area (TPSA) is 38.7 Å². The number of hydrogen-bond acceptors (Lipinski definition) is 3. The molecule has 9 heavy (non-hydrogen) atoms. The predicted octanol–water partition coefficient (Wildman–Crippen LogP) is 0.919. The van der Waals surface area contributed by atoms with Gasteiger partial charge in [0.2, 0.25) is 0 Å². The van der Waals surface area contributed by atoms with Crippen LogP contribution in [0, 0.1) is 6.92 Å². The Morgan fingerprint density at radius 3 is 2.89 bits per heavy atom. The van der Waals surface area contributed by atoms with Crippen LogP contribution in [0.3, 0.4) is 0 Å². The fraction of sp³-hybridized carbons (Fsp3) is 0.400. The molecule has 0 aliphatic heterocycles. The Morgan fingerprint density at radius 2 is 2.44 bits per heavy atom. The molecule has 0 aliphatic rings. The van der Waals surface area contributed by atoms with Crippen LogP contribution >= 0.6 is 11.6 Å². The Hall–Kier alpha value is -0.700. The summed E-state index contributed by atoms with van der Waals surface area (Å²) in [5, 5.41) is 7.33. The molecule has 0 saturated heterocycles. The molecule has 0 spiro atoms. The van der Waals surface area contributed by atoms with Gasteiger partial charge in [0, 0.05) is 0 Å². The van der Waals surface area contributed by atoms with Crippen molar-refractivity contribution in [2.24, 2.45) is 0 Å². The van der Waals surface area contributed by atoms with E-state index in [9.17, 15) is 0 Å². The molecule has 1 aromatic heterocycles. The first-order valence-corrected chi connectivity index (χ1v) is 3.07. The van der Waals surface area contributed by atoms with Crippen LogP contribution in [0.5, 0.6) is 0 Å². The molecule has 0 amide bonds. The van der Waals surface area contributed by atoms with Gasteiger partial charge < -0.3 is 0 Å². The molecule has 0 saturated carbocycles. The van der Waals surface area contributed by atoms with Gasteiger partial charge in [0.05, 0.1) is 17.3 Å². The standard InChI is InChI=1S/C5H6ClN3/c1-4-5(2-6)7-3-8-9-4/h3H,2H2,1H3. The van der Waals surface area contributed by atoms with Gasteiger partial charge in [-0.1, -0.05) is 0 Å². The molecule has 0 radical (unpaired) electrons. The maximum absolute atomic E-state index is 5.50. The zero-order chi connectivity index (χ0) is 6.69. The molecule has 0 aromatic carbocycles. The van der Waals surface area contributed by atoms with E-state index in [2.05, 4.69) is 15.2 Å². The smallest absolute Gasteiger partial charge is 0.138 e. The second-order valence-electron chi connectivity index (χ2n) is 1.63. The number of aryl methyl sites for hydroxylation is 1. The van der Waals surface area contributed by atoms with Crippen molar-refractivity contribution in [3.05, 3.63) is 17.7 Å². The molecule has 4 heteroatoms. The molecule has 3 nitrogen and oxygen atoms in total. The Labute approximate surface area is 58.1 Å². The van der Waals surface area contributed by atoms with E-state index in [1.165, 1.54) is 6.33 Å². The molecule has 1 rings (SSSR count). The lowest BCUT2D eigenvalue weighted by Crippen LogP contribution is -1.94. The number of halogens is 1. The third-order valence-corrected chi connectivity index (χ3v) is 1.27. The molecule has 1 heterocycles. The third-order valence-electron chi connectivity index (χ3n) is 1.02. The number of nitrogens with zero attached hydrogens (tertiary/aromatic N) is 3. The fourth-order valence-corrected chi connectivity index (χ4v) is 0.753. The zero-order valence-electron chi connectivity index (χ0n) is 5.00. The summed E-state index contributed by atoms with van der Waals surface area (Å²) >= 11 is 5.50. The molecular weight excluding hydrogens is 138 g/mol. The van der Waals surface area contributed by atoms with Crippen molar-refractivity contribution in [1.82, 2.24) is 15.2 Å². The maximum atomic E-state index is 5.50. The summed E-state index contributed by atoms with van der Waals surface area (Å²) < 4.78 is 0. The third kappa shape index (κ3) is 1.36. The maximum Gasteiger partial charge on any atom is 0.138 e. The second-order valence-corrected chi connectivity index (χ2v) is 1.89. The largest absolute Gasteiger partial charge is 0.236 e. The highest BCUT2D eigenvalue weighted by Crippen LogP contribution is 2.00. The Balaban J connectivity index is 3.01. The molecule has 0 bridgehead atoms. The van der Waals surface area contributed by atoms with Crippen LogP contribution in [-0.4, -0.2) is 15.2 Å². The normalized spacial score (nSPS) is 9.56. The summed E-state index contributed by atoms with van der Waals surface area (Å²) in [4.78, 5) is 3.89. The highest BCUT2D eigenvalue weighted by Gasteiger charge is 1.95. The van der Waals surface area contributed by atoms with Gasteiger partial charge in [-0.2, -0.15) is 5.10 Å². The van der Waals surface area contributed by atoms with E-state index in [0.29, 0.717) is 5.88 Å². The van der Waals surface area contributed by atoms with E-state index >= 15 is 0 Å². The summed E-state index contributed by atoms with van der Waals surface area (Å²) in [5.74, 6) is 0.404. The molecule has 0 unspecified atom stereocenters. The number of rotatable bonds is 1. The summed E-state index contributed by atoms with van der Waals surface area (Å²) in [6.45, 7) is 1.83. The van der Waals surface area contributed by atoms with Gasteiger partial charge in [-0.3, -0.25) is 0 Å². The minimum Gasteiger partial charge on any atom is -0.236 e. The lowest BCUT2D eigenvalue weighted by atomic mass is 10.4. The first-order chi connectivity index (χ1) is 4.34. The SMILES string of the molecule is Cc1nncnc1CCl. The summed E-state index contributed by atoms with van der Waals surface area (Å²) in [5.41, 5.74) is 1.60. The van der Waals surface area contributed by atoms with Crippen molar-refractivity contribution in [3.63, 3.8) is 0 Å². The molecular formula is C5H6ClN3. The molecule has 0 aliphatic carbocycles.